The molecule has 1 aliphatic heterocycles. The first-order valence-corrected chi connectivity index (χ1v) is 6.00. The molecule has 0 N–H and O–H groups in total. The third kappa shape index (κ3) is 2.05. The van der Waals surface area contributed by atoms with E-state index in [1.54, 1.807) is 0 Å². The van der Waals surface area contributed by atoms with Crippen LogP contribution in [0.25, 0.3) is 0 Å². The molecular formula is C12H20BFO2. The molecule has 1 heterocycles. The van der Waals surface area contributed by atoms with E-state index < -0.39 is 6.17 Å². The molecule has 1 aliphatic carbocycles. The van der Waals surface area contributed by atoms with Crippen LogP contribution in [0.4, 0.5) is 4.39 Å². The maximum Gasteiger partial charge on any atom is 0.490 e. The summed E-state index contributed by atoms with van der Waals surface area (Å²) in [5.74, 6) is 0. The highest BCUT2D eigenvalue weighted by Gasteiger charge is 2.52. The van der Waals surface area contributed by atoms with Crippen molar-refractivity contribution in [2.24, 2.45) is 0 Å². The fraction of sp³-hybridized carbons (Fsp3) is 0.833. The fourth-order valence-corrected chi connectivity index (χ4v) is 2.03. The van der Waals surface area contributed by atoms with Crippen LogP contribution in [0.15, 0.2) is 11.5 Å². The Bertz CT molecular complexity index is 296. The van der Waals surface area contributed by atoms with E-state index in [1.807, 2.05) is 33.8 Å². The first-order valence-electron chi connectivity index (χ1n) is 6.00. The largest absolute Gasteiger partial charge is 0.490 e. The first kappa shape index (κ1) is 12.1. The van der Waals surface area contributed by atoms with Gasteiger partial charge in [-0.25, -0.2) is 4.39 Å². The van der Waals surface area contributed by atoms with Crippen molar-refractivity contribution in [3.8, 4) is 0 Å². The molecule has 16 heavy (non-hydrogen) atoms. The van der Waals surface area contributed by atoms with Gasteiger partial charge in [-0.3, -0.25) is 0 Å². The molecule has 90 valence electrons. The second kappa shape index (κ2) is 3.85. The summed E-state index contributed by atoms with van der Waals surface area (Å²) in [4.78, 5) is 0. The highest BCUT2D eigenvalue weighted by Crippen LogP contribution is 2.40. The van der Waals surface area contributed by atoms with Gasteiger partial charge in [-0.05, 0) is 52.4 Å². The van der Waals surface area contributed by atoms with Crippen LogP contribution in [0.2, 0.25) is 0 Å². The molecule has 2 aliphatic rings. The van der Waals surface area contributed by atoms with Gasteiger partial charge in [-0.15, -0.1) is 0 Å². The molecule has 0 saturated carbocycles. The topological polar surface area (TPSA) is 18.5 Å². The Labute approximate surface area is 97.3 Å². The summed E-state index contributed by atoms with van der Waals surface area (Å²) >= 11 is 0. The minimum atomic E-state index is -0.689. The van der Waals surface area contributed by atoms with Crippen LogP contribution in [0, 0.1) is 0 Å². The second-order valence-corrected chi connectivity index (χ2v) is 5.74. The van der Waals surface area contributed by atoms with Crippen molar-refractivity contribution in [2.75, 3.05) is 0 Å². The third-order valence-corrected chi connectivity index (χ3v) is 3.94. The Morgan fingerprint density at radius 2 is 1.81 bits per heavy atom. The summed E-state index contributed by atoms with van der Waals surface area (Å²) in [5.41, 5.74) is 0.503. The number of allylic oxidation sites excluding steroid dienone is 2. The van der Waals surface area contributed by atoms with Gasteiger partial charge in [0.15, 0.2) is 0 Å². The highest BCUT2D eigenvalue weighted by molar-refractivity contribution is 6.54. The summed E-state index contributed by atoms with van der Waals surface area (Å²) in [7, 11) is -0.280. The first-order chi connectivity index (χ1) is 7.32. The van der Waals surface area contributed by atoms with Crippen molar-refractivity contribution >= 4 is 7.12 Å². The predicted molar refractivity (Wildman–Crippen MR) is 62.9 cm³/mol. The van der Waals surface area contributed by atoms with E-state index in [0.29, 0.717) is 12.8 Å². The molecule has 2 rings (SSSR count). The Morgan fingerprint density at radius 1 is 1.25 bits per heavy atom. The molecule has 1 atom stereocenters. The molecule has 2 nitrogen and oxygen atoms in total. The number of alkyl halides is 1. The summed E-state index contributed by atoms with van der Waals surface area (Å²) in [6, 6.07) is 0. The van der Waals surface area contributed by atoms with Crippen LogP contribution in [-0.2, 0) is 9.31 Å². The molecule has 1 fully saturated rings. The third-order valence-electron chi connectivity index (χ3n) is 3.94. The number of rotatable bonds is 1. The Balaban J connectivity index is 2.09. The number of halogens is 1. The van der Waals surface area contributed by atoms with Crippen molar-refractivity contribution in [3.63, 3.8) is 0 Å². The highest BCUT2D eigenvalue weighted by atomic mass is 19.1. The lowest BCUT2D eigenvalue weighted by atomic mass is 9.72. The Kier molecular flexibility index (Phi) is 2.91. The molecular weight excluding hydrogens is 206 g/mol. The Hall–Kier alpha value is -0.345. The Morgan fingerprint density at radius 3 is 2.25 bits per heavy atom. The zero-order valence-corrected chi connectivity index (χ0v) is 10.5. The standard InChI is InChI=1S/C12H20BFO2/c1-11(2)12(3,4)16-13(15-11)9-5-7-10(14)8-6-9/h5,10H,6-8H2,1-4H3. The van der Waals surface area contributed by atoms with Gasteiger partial charge >= 0.3 is 7.12 Å². The lowest BCUT2D eigenvalue weighted by Crippen LogP contribution is -2.41. The molecule has 0 radical (unpaired) electrons. The summed E-state index contributed by atoms with van der Waals surface area (Å²) < 4.78 is 24.9. The summed E-state index contributed by atoms with van der Waals surface area (Å²) in [6.45, 7) is 8.14. The average Bonchev–Trinajstić information content (AvgIpc) is 2.37. The van der Waals surface area contributed by atoms with Crippen molar-refractivity contribution in [2.45, 2.75) is 64.3 Å². The molecule has 0 aromatic rings. The van der Waals surface area contributed by atoms with Crippen LogP contribution in [0.3, 0.4) is 0 Å². The van der Waals surface area contributed by atoms with Crippen molar-refractivity contribution in [1.82, 2.24) is 0 Å². The smallest absolute Gasteiger partial charge is 0.400 e. The summed E-state index contributed by atoms with van der Waals surface area (Å²) in [5, 5.41) is 0. The van der Waals surface area contributed by atoms with E-state index >= 15 is 0 Å². The van der Waals surface area contributed by atoms with E-state index in [9.17, 15) is 4.39 Å². The monoisotopic (exact) mass is 226 g/mol. The molecule has 0 bridgehead atoms. The van der Waals surface area contributed by atoms with Crippen molar-refractivity contribution < 1.29 is 13.7 Å². The zero-order chi connectivity index (χ0) is 12.0. The van der Waals surface area contributed by atoms with Crippen LogP contribution in [0.5, 0.6) is 0 Å². The van der Waals surface area contributed by atoms with Crippen molar-refractivity contribution in [3.05, 3.63) is 11.5 Å². The number of hydrogen-bond donors (Lipinski definition) is 0. The van der Waals surface area contributed by atoms with E-state index in [-0.39, 0.29) is 18.3 Å². The normalized spacial score (nSPS) is 32.7. The zero-order valence-electron chi connectivity index (χ0n) is 10.5. The van der Waals surface area contributed by atoms with Gasteiger partial charge in [0.05, 0.1) is 11.2 Å². The molecule has 1 unspecified atom stereocenters. The van der Waals surface area contributed by atoms with Crippen LogP contribution >= 0.6 is 0 Å². The molecule has 0 aromatic heterocycles. The van der Waals surface area contributed by atoms with Gasteiger partial charge in [0.2, 0.25) is 0 Å². The van der Waals surface area contributed by atoms with Gasteiger partial charge < -0.3 is 9.31 Å². The van der Waals surface area contributed by atoms with Gasteiger partial charge in [0, 0.05) is 0 Å². The van der Waals surface area contributed by atoms with Crippen molar-refractivity contribution in [1.29, 1.82) is 0 Å². The molecule has 0 amide bonds. The van der Waals surface area contributed by atoms with Crippen LogP contribution in [0.1, 0.15) is 47.0 Å². The van der Waals surface area contributed by atoms with Gasteiger partial charge in [0.25, 0.3) is 0 Å². The molecule has 4 heteroatoms. The minimum Gasteiger partial charge on any atom is -0.400 e. The SMILES string of the molecule is CC1(C)OB(C2=CCC(F)CC2)OC1(C)C. The quantitative estimate of drug-likeness (QED) is 0.639. The maximum atomic E-state index is 13.0. The second-order valence-electron chi connectivity index (χ2n) is 5.74. The van der Waals surface area contributed by atoms with Gasteiger partial charge in [-0.2, -0.15) is 0 Å². The van der Waals surface area contributed by atoms with E-state index in [4.69, 9.17) is 9.31 Å². The number of hydrogen-bond acceptors (Lipinski definition) is 2. The summed E-state index contributed by atoms with van der Waals surface area (Å²) in [6.07, 6.45) is 3.09. The lowest BCUT2D eigenvalue weighted by molar-refractivity contribution is 0.00578. The van der Waals surface area contributed by atoms with E-state index in [0.717, 1.165) is 11.9 Å². The fourth-order valence-electron chi connectivity index (χ4n) is 2.03. The van der Waals surface area contributed by atoms with Crippen LogP contribution in [-0.4, -0.2) is 24.5 Å². The lowest BCUT2D eigenvalue weighted by Gasteiger charge is -2.32. The van der Waals surface area contributed by atoms with E-state index in [1.165, 1.54) is 0 Å². The predicted octanol–water partition coefficient (Wildman–Crippen LogP) is 3.07. The molecule has 0 spiro atoms. The molecule has 1 saturated heterocycles. The van der Waals surface area contributed by atoms with Crippen LogP contribution < -0.4 is 0 Å². The van der Waals surface area contributed by atoms with E-state index in [2.05, 4.69) is 0 Å². The minimum absolute atomic E-state index is 0.280. The van der Waals surface area contributed by atoms with Gasteiger partial charge in [0.1, 0.15) is 6.17 Å². The maximum absolute atomic E-state index is 13.0. The van der Waals surface area contributed by atoms with Gasteiger partial charge in [-0.1, -0.05) is 6.08 Å². The molecule has 0 aromatic carbocycles. The average molecular weight is 226 g/mol.